The van der Waals surface area contributed by atoms with E-state index in [0.717, 1.165) is 13.0 Å². The second kappa shape index (κ2) is 5.43. The molecule has 1 fully saturated rings. The predicted octanol–water partition coefficient (Wildman–Crippen LogP) is 2.52. The lowest BCUT2D eigenvalue weighted by Crippen LogP contribution is -2.41. The van der Waals surface area contributed by atoms with Gasteiger partial charge < -0.3 is 11.1 Å². The Kier molecular flexibility index (Phi) is 4.20. The molecule has 1 heterocycles. The number of hydrogen-bond acceptors (Lipinski definition) is 3. The Bertz CT molecular complexity index is 313. The summed E-state index contributed by atoms with van der Waals surface area (Å²) in [7, 11) is 0. The average Bonchev–Trinajstić information content (AvgIpc) is 2.77. The molecule has 15 heavy (non-hydrogen) atoms. The quantitative estimate of drug-likeness (QED) is 0.894. The van der Waals surface area contributed by atoms with Gasteiger partial charge in [0.1, 0.15) is 0 Å². The van der Waals surface area contributed by atoms with Crippen LogP contribution >= 0.6 is 27.3 Å². The van der Waals surface area contributed by atoms with Crippen molar-refractivity contribution in [3.05, 3.63) is 20.8 Å². The molecule has 1 saturated carbocycles. The van der Waals surface area contributed by atoms with Gasteiger partial charge >= 0.3 is 0 Å². The van der Waals surface area contributed by atoms with Crippen molar-refractivity contribution in [1.29, 1.82) is 0 Å². The van der Waals surface area contributed by atoms with E-state index >= 15 is 0 Å². The summed E-state index contributed by atoms with van der Waals surface area (Å²) in [6, 6.07) is 3.12. The first-order valence-electron chi connectivity index (χ1n) is 5.47. The number of hydrogen-bond donors (Lipinski definition) is 2. The molecule has 2 nitrogen and oxygen atoms in total. The standard InChI is InChI=1S/C11H17BrN2S/c12-8-6-9(15-7-8)4-5-14-11-3-1-2-10(11)13/h6-7,10-11,14H,1-5,13H2. The molecule has 2 unspecified atom stereocenters. The third-order valence-corrected chi connectivity index (χ3v) is 4.73. The molecule has 0 saturated heterocycles. The summed E-state index contributed by atoms with van der Waals surface area (Å²) >= 11 is 5.28. The van der Waals surface area contributed by atoms with Crippen LogP contribution in [-0.4, -0.2) is 18.6 Å². The van der Waals surface area contributed by atoms with E-state index in [1.165, 1.54) is 28.6 Å². The first-order valence-corrected chi connectivity index (χ1v) is 7.15. The molecular formula is C11H17BrN2S. The third-order valence-electron chi connectivity index (χ3n) is 2.97. The second-order valence-electron chi connectivity index (χ2n) is 4.14. The van der Waals surface area contributed by atoms with E-state index in [9.17, 15) is 0 Å². The molecule has 0 bridgehead atoms. The molecule has 2 rings (SSSR count). The van der Waals surface area contributed by atoms with Crippen LogP contribution in [0.1, 0.15) is 24.1 Å². The molecule has 3 N–H and O–H groups in total. The minimum absolute atomic E-state index is 0.375. The minimum Gasteiger partial charge on any atom is -0.326 e. The van der Waals surface area contributed by atoms with E-state index < -0.39 is 0 Å². The lowest BCUT2D eigenvalue weighted by molar-refractivity contribution is 0.480. The largest absolute Gasteiger partial charge is 0.326 e. The van der Waals surface area contributed by atoms with E-state index in [1.807, 2.05) is 11.3 Å². The number of nitrogens with one attached hydrogen (secondary N) is 1. The number of halogens is 1. The molecule has 1 aromatic heterocycles. The second-order valence-corrected chi connectivity index (χ2v) is 6.05. The fourth-order valence-electron chi connectivity index (χ4n) is 2.11. The van der Waals surface area contributed by atoms with Gasteiger partial charge in [-0.25, -0.2) is 0 Å². The van der Waals surface area contributed by atoms with Gasteiger partial charge in [0.15, 0.2) is 0 Å². The first kappa shape index (κ1) is 11.6. The summed E-state index contributed by atoms with van der Waals surface area (Å²) in [5.41, 5.74) is 6.00. The van der Waals surface area contributed by atoms with Crippen molar-refractivity contribution in [3.63, 3.8) is 0 Å². The highest BCUT2D eigenvalue weighted by atomic mass is 79.9. The summed E-state index contributed by atoms with van der Waals surface area (Å²) in [5.74, 6) is 0. The average molecular weight is 289 g/mol. The van der Waals surface area contributed by atoms with Crippen molar-refractivity contribution < 1.29 is 0 Å². The Morgan fingerprint density at radius 3 is 3.00 bits per heavy atom. The van der Waals surface area contributed by atoms with Gasteiger partial charge in [0.2, 0.25) is 0 Å². The van der Waals surface area contributed by atoms with Gasteiger partial charge in [-0.15, -0.1) is 11.3 Å². The lowest BCUT2D eigenvalue weighted by atomic mass is 10.2. The van der Waals surface area contributed by atoms with Crippen LogP contribution < -0.4 is 11.1 Å². The topological polar surface area (TPSA) is 38.0 Å². The van der Waals surface area contributed by atoms with Crippen molar-refractivity contribution in [2.24, 2.45) is 5.73 Å². The Labute approximate surface area is 103 Å². The van der Waals surface area contributed by atoms with Gasteiger partial charge in [0.05, 0.1) is 0 Å². The van der Waals surface area contributed by atoms with Gasteiger partial charge in [-0.2, -0.15) is 0 Å². The van der Waals surface area contributed by atoms with Crippen molar-refractivity contribution >= 4 is 27.3 Å². The molecule has 0 radical (unpaired) electrons. The molecule has 84 valence electrons. The van der Waals surface area contributed by atoms with E-state index in [4.69, 9.17) is 5.73 Å². The van der Waals surface area contributed by atoms with Crippen LogP contribution in [0.5, 0.6) is 0 Å². The Morgan fingerprint density at radius 2 is 2.40 bits per heavy atom. The highest BCUT2D eigenvalue weighted by molar-refractivity contribution is 9.10. The van der Waals surface area contributed by atoms with Crippen molar-refractivity contribution in [1.82, 2.24) is 5.32 Å². The molecular weight excluding hydrogens is 272 g/mol. The van der Waals surface area contributed by atoms with Crippen LogP contribution in [0.3, 0.4) is 0 Å². The summed E-state index contributed by atoms with van der Waals surface area (Å²) < 4.78 is 1.19. The van der Waals surface area contributed by atoms with Crippen molar-refractivity contribution in [2.75, 3.05) is 6.54 Å². The van der Waals surface area contributed by atoms with Crippen molar-refractivity contribution in [3.8, 4) is 0 Å². The smallest absolute Gasteiger partial charge is 0.0285 e. The van der Waals surface area contributed by atoms with Crippen LogP contribution in [0.15, 0.2) is 15.9 Å². The fourth-order valence-corrected chi connectivity index (χ4v) is 3.56. The highest BCUT2D eigenvalue weighted by Crippen LogP contribution is 2.20. The third kappa shape index (κ3) is 3.28. The van der Waals surface area contributed by atoms with E-state index in [2.05, 4.69) is 32.7 Å². The first-order chi connectivity index (χ1) is 7.25. The fraction of sp³-hybridized carbons (Fsp3) is 0.636. The number of rotatable bonds is 4. The Morgan fingerprint density at radius 1 is 1.53 bits per heavy atom. The van der Waals surface area contributed by atoms with Crippen LogP contribution in [0.2, 0.25) is 0 Å². The maximum absolute atomic E-state index is 6.00. The molecule has 0 spiro atoms. The SMILES string of the molecule is NC1CCCC1NCCc1cc(Br)cs1. The lowest BCUT2D eigenvalue weighted by Gasteiger charge is -2.16. The van der Waals surface area contributed by atoms with Gasteiger partial charge in [-0.05, 0) is 41.3 Å². The van der Waals surface area contributed by atoms with Gasteiger partial charge in [0.25, 0.3) is 0 Å². The Balaban J connectivity index is 1.70. The molecule has 0 amide bonds. The molecule has 2 atom stereocenters. The maximum Gasteiger partial charge on any atom is 0.0285 e. The zero-order chi connectivity index (χ0) is 10.7. The summed E-state index contributed by atoms with van der Waals surface area (Å²) in [5, 5.41) is 5.69. The van der Waals surface area contributed by atoms with E-state index in [0.29, 0.717) is 12.1 Å². The summed E-state index contributed by atoms with van der Waals surface area (Å²) in [6.45, 7) is 1.05. The van der Waals surface area contributed by atoms with Crippen LogP contribution in [0.4, 0.5) is 0 Å². The highest BCUT2D eigenvalue weighted by Gasteiger charge is 2.22. The summed E-state index contributed by atoms with van der Waals surface area (Å²) in [4.78, 5) is 1.43. The minimum atomic E-state index is 0.375. The zero-order valence-corrected chi connectivity index (χ0v) is 11.1. The molecule has 1 aliphatic rings. The summed E-state index contributed by atoms with van der Waals surface area (Å²) in [6.07, 6.45) is 4.82. The maximum atomic E-state index is 6.00. The zero-order valence-electron chi connectivity index (χ0n) is 8.71. The van der Waals surface area contributed by atoms with Gasteiger partial charge in [-0.3, -0.25) is 0 Å². The molecule has 0 aliphatic heterocycles. The number of nitrogens with two attached hydrogens (primary N) is 1. The van der Waals surface area contributed by atoms with Crippen LogP contribution in [-0.2, 0) is 6.42 Å². The predicted molar refractivity (Wildman–Crippen MR) is 69.3 cm³/mol. The number of thiophene rings is 1. The van der Waals surface area contributed by atoms with Crippen LogP contribution in [0.25, 0.3) is 0 Å². The Hall–Kier alpha value is 0.1000. The molecule has 1 aromatic rings. The van der Waals surface area contributed by atoms with Gasteiger partial charge in [0, 0.05) is 33.4 Å². The molecule has 4 heteroatoms. The molecule has 1 aliphatic carbocycles. The van der Waals surface area contributed by atoms with E-state index in [-0.39, 0.29) is 0 Å². The normalized spacial score (nSPS) is 26.0. The van der Waals surface area contributed by atoms with Gasteiger partial charge in [-0.1, -0.05) is 6.42 Å². The molecule has 0 aromatic carbocycles. The van der Waals surface area contributed by atoms with E-state index in [1.54, 1.807) is 0 Å². The monoisotopic (exact) mass is 288 g/mol. The van der Waals surface area contributed by atoms with Crippen LogP contribution in [0, 0.1) is 0 Å². The van der Waals surface area contributed by atoms with Crippen molar-refractivity contribution in [2.45, 2.75) is 37.8 Å².